The summed E-state index contributed by atoms with van der Waals surface area (Å²) in [5.74, 6) is -2.00. The van der Waals surface area contributed by atoms with Crippen molar-refractivity contribution in [2.45, 2.75) is 6.54 Å². The van der Waals surface area contributed by atoms with E-state index < -0.39 is 17.5 Å². The Bertz CT molecular complexity index is 596. The van der Waals surface area contributed by atoms with Crippen molar-refractivity contribution in [1.29, 1.82) is 0 Å². The van der Waals surface area contributed by atoms with Crippen LogP contribution in [0.25, 0.3) is 0 Å². The Morgan fingerprint density at radius 3 is 2.53 bits per heavy atom. The van der Waals surface area contributed by atoms with E-state index in [1.165, 1.54) is 18.3 Å². The Morgan fingerprint density at radius 1 is 1.21 bits per heavy atom. The summed E-state index contributed by atoms with van der Waals surface area (Å²) in [5, 5.41) is 2.40. The number of halogens is 2. The van der Waals surface area contributed by atoms with Crippen LogP contribution in [0.1, 0.15) is 16.1 Å². The number of anilines is 1. The number of nitrogens with zero attached hydrogens (tertiary/aromatic N) is 1. The van der Waals surface area contributed by atoms with Crippen molar-refractivity contribution in [2.24, 2.45) is 5.73 Å². The van der Waals surface area contributed by atoms with Crippen LogP contribution in [0.15, 0.2) is 36.5 Å². The number of hydrogen-bond acceptors (Lipinski definition) is 3. The van der Waals surface area contributed by atoms with E-state index in [1.807, 2.05) is 0 Å². The van der Waals surface area contributed by atoms with E-state index in [0.717, 1.165) is 18.2 Å². The first-order valence-electron chi connectivity index (χ1n) is 5.51. The van der Waals surface area contributed by atoms with Crippen LogP contribution in [0.2, 0.25) is 0 Å². The van der Waals surface area contributed by atoms with Crippen LogP contribution in [0.4, 0.5) is 14.5 Å². The van der Waals surface area contributed by atoms with E-state index in [1.54, 1.807) is 0 Å². The molecule has 19 heavy (non-hydrogen) atoms. The molecule has 1 heterocycles. The number of rotatable bonds is 3. The van der Waals surface area contributed by atoms with Gasteiger partial charge in [0.2, 0.25) is 0 Å². The highest BCUT2D eigenvalue weighted by Gasteiger charge is 2.08. The summed E-state index contributed by atoms with van der Waals surface area (Å²) in [7, 11) is 0. The lowest BCUT2D eigenvalue weighted by molar-refractivity contribution is 0.102. The summed E-state index contributed by atoms with van der Waals surface area (Å²) < 4.78 is 26.0. The predicted molar refractivity (Wildman–Crippen MR) is 66.4 cm³/mol. The highest BCUT2D eigenvalue weighted by molar-refractivity contribution is 6.04. The average molecular weight is 263 g/mol. The first kappa shape index (κ1) is 13.1. The van der Waals surface area contributed by atoms with Crippen molar-refractivity contribution in [1.82, 2.24) is 4.98 Å². The Kier molecular flexibility index (Phi) is 3.82. The summed E-state index contributed by atoms with van der Waals surface area (Å²) in [6.45, 7) is 0.204. The van der Waals surface area contributed by atoms with Crippen molar-refractivity contribution >= 4 is 11.6 Å². The number of nitrogens with two attached hydrogens (primary N) is 1. The number of benzene rings is 1. The lowest BCUT2D eigenvalue weighted by atomic mass is 10.2. The second kappa shape index (κ2) is 5.53. The van der Waals surface area contributed by atoms with Crippen LogP contribution in [-0.2, 0) is 6.54 Å². The van der Waals surface area contributed by atoms with Gasteiger partial charge in [0.1, 0.15) is 11.6 Å². The number of hydrogen-bond donors (Lipinski definition) is 2. The van der Waals surface area contributed by atoms with Gasteiger partial charge < -0.3 is 11.1 Å². The van der Waals surface area contributed by atoms with Crippen LogP contribution >= 0.6 is 0 Å². The van der Waals surface area contributed by atoms with Gasteiger partial charge in [-0.25, -0.2) is 8.78 Å². The van der Waals surface area contributed by atoms with Crippen molar-refractivity contribution < 1.29 is 13.6 Å². The van der Waals surface area contributed by atoms with E-state index in [0.29, 0.717) is 11.3 Å². The van der Waals surface area contributed by atoms with Gasteiger partial charge in [0.15, 0.2) is 0 Å². The van der Waals surface area contributed by atoms with Crippen molar-refractivity contribution in [3.05, 3.63) is 59.4 Å². The van der Waals surface area contributed by atoms with Crippen LogP contribution < -0.4 is 11.1 Å². The molecule has 0 bridgehead atoms. The largest absolute Gasteiger partial charge is 0.325 e. The molecule has 2 rings (SSSR count). The minimum Gasteiger partial charge on any atom is -0.325 e. The number of carbonyl (C=O) groups excluding carboxylic acids is 1. The van der Waals surface area contributed by atoms with Gasteiger partial charge >= 0.3 is 0 Å². The zero-order valence-electron chi connectivity index (χ0n) is 9.86. The summed E-state index contributed by atoms with van der Waals surface area (Å²) >= 11 is 0. The fraction of sp³-hybridized carbons (Fsp3) is 0.0769. The maximum Gasteiger partial charge on any atom is 0.255 e. The molecule has 0 saturated heterocycles. The van der Waals surface area contributed by atoms with E-state index in [4.69, 9.17) is 5.73 Å². The first-order chi connectivity index (χ1) is 9.08. The quantitative estimate of drug-likeness (QED) is 0.890. The zero-order valence-corrected chi connectivity index (χ0v) is 9.86. The third-order valence-corrected chi connectivity index (χ3v) is 2.41. The summed E-state index contributed by atoms with van der Waals surface area (Å²) in [5.41, 5.74) is 6.34. The number of aromatic nitrogens is 1. The molecule has 6 heteroatoms. The lowest BCUT2D eigenvalue weighted by Gasteiger charge is -2.06. The fourth-order valence-electron chi connectivity index (χ4n) is 1.56. The Labute approximate surface area is 108 Å². The van der Waals surface area contributed by atoms with Gasteiger partial charge in [0, 0.05) is 30.1 Å². The molecule has 0 aliphatic carbocycles. The van der Waals surface area contributed by atoms with Gasteiger partial charge in [0.05, 0.1) is 5.69 Å². The normalized spacial score (nSPS) is 10.3. The van der Waals surface area contributed by atoms with Crippen molar-refractivity contribution in [3.63, 3.8) is 0 Å². The number of nitrogens with one attached hydrogen (secondary N) is 1. The van der Waals surface area contributed by atoms with Gasteiger partial charge in [0.25, 0.3) is 5.91 Å². The highest BCUT2D eigenvalue weighted by atomic mass is 19.1. The molecule has 3 N–H and O–H groups in total. The van der Waals surface area contributed by atoms with Crippen LogP contribution in [0, 0.1) is 11.6 Å². The Morgan fingerprint density at radius 2 is 1.89 bits per heavy atom. The maximum atomic E-state index is 13.0. The second-order valence-electron chi connectivity index (χ2n) is 3.85. The minimum absolute atomic E-state index is 0.0496. The molecular weight excluding hydrogens is 252 g/mol. The van der Waals surface area contributed by atoms with Gasteiger partial charge in [-0.3, -0.25) is 9.78 Å². The number of pyridine rings is 1. The van der Waals surface area contributed by atoms with Gasteiger partial charge in [-0.05, 0) is 24.3 Å². The van der Waals surface area contributed by atoms with Crippen LogP contribution in [0.3, 0.4) is 0 Å². The molecule has 1 aromatic carbocycles. The molecule has 0 aliphatic heterocycles. The highest BCUT2D eigenvalue weighted by Crippen LogP contribution is 2.14. The number of amides is 1. The van der Waals surface area contributed by atoms with Crippen LogP contribution in [-0.4, -0.2) is 10.9 Å². The average Bonchev–Trinajstić information content (AvgIpc) is 2.37. The maximum absolute atomic E-state index is 13.0. The summed E-state index contributed by atoms with van der Waals surface area (Å²) in [6.07, 6.45) is 1.45. The molecule has 0 atom stereocenters. The standard InChI is InChI=1S/C13H11F2N3O/c14-9-4-10(15)6-11(5-9)18-13(19)8-1-2-17-12(3-8)7-16/h1-6H,7,16H2,(H,18,19). The molecule has 4 nitrogen and oxygen atoms in total. The van der Waals surface area contributed by atoms with Crippen molar-refractivity contribution in [2.75, 3.05) is 5.32 Å². The summed E-state index contributed by atoms with van der Waals surface area (Å²) in [4.78, 5) is 15.8. The molecule has 2 aromatic rings. The molecule has 0 radical (unpaired) electrons. The summed E-state index contributed by atoms with van der Waals surface area (Å²) in [6, 6.07) is 5.81. The first-order valence-corrected chi connectivity index (χ1v) is 5.51. The second-order valence-corrected chi connectivity index (χ2v) is 3.85. The van der Waals surface area contributed by atoms with E-state index in [-0.39, 0.29) is 12.2 Å². The van der Waals surface area contributed by atoms with E-state index in [9.17, 15) is 13.6 Å². The van der Waals surface area contributed by atoms with Gasteiger partial charge in [-0.15, -0.1) is 0 Å². The van der Waals surface area contributed by atoms with E-state index in [2.05, 4.69) is 10.3 Å². The third kappa shape index (κ3) is 3.32. The lowest BCUT2D eigenvalue weighted by Crippen LogP contribution is -2.13. The van der Waals surface area contributed by atoms with Crippen LogP contribution in [0.5, 0.6) is 0 Å². The van der Waals surface area contributed by atoms with Gasteiger partial charge in [-0.2, -0.15) is 0 Å². The molecule has 1 amide bonds. The predicted octanol–water partition coefficient (Wildman–Crippen LogP) is 2.07. The molecule has 0 fully saturated rings. The Balaban J connectivity index is 2.20. The fourth-order valence-corrected chi connectivity index (χ4v) is 1.56. The molecule has 0 unspecified atom stereocenters. The molecular formula is C13H11F2N3O. The molecule has 1 aromatic heterocycles. The van der Waals surface area contributed by atoms with Gasteiger partial charge in [-0.1, -0.05) is 0 Å². The smallest absolute Gasteiger partial charge is 0.255 e. The molecule has 0 spiro atoms. The Hall–Kier alpha value is -2.34. The molecule has 0 aliphatic rings. The molecule has 0 saturated carbocycles. The van der Waals surface area contributed by atoms with Crippen molar-refractivity contribution in [3.8, 4) is 0 Å². The topological polar surface area (TPSA) is 68.0 Å². The van der Waals surface area contributed by atoms with E-state index >= 15 is 0 Å². The molecule has 98 valence electrons. The zero-order chi connectivity index (χ0) is 13.8. The number of carbonyl (C=O) groups is 1. The SMILES string of the molecule is NCc1cc(C(=O)Nc2cc(F)cc(F)c2)ccn1. The third-order valence-electron chi connectivity index (χ3n) is 2.41. The minimum atomic E-state index is -0.757. The monoisotopic (exact) mass is 263 g/mol.